The molecule has 1 rings (SSSR count). The Morgan fingerprint density at radius 3 is 1.71 bits per heavy atom. The van der Waals surface area contributed by atoms with Gasteiger partial charge in [0, 0.05) is 6.54 Å². The topological polar surface area (TPSA) is 249 Å². The van der Waals surface area contributed by atoms with E-state index in [0.29, 0.717) is 84.0 Å². The lowest BCUT2D eigenvalue weighted by Gasteiger charge is -2.31. The van der Waals surface area contributed by atoms with E-state index in [4.69, 9.17) is 22.9 Å². The molecule has 14 heteroatoms. The zero-order valence-corrected chi connectivity index (χ0v) is 25.3. The molecule has 14 nitrogen and oxygen atoms in total. The van der Waals surface area contributed by atoms with Crippen LogP contribution in [0.1, 0.15) is 84.5 Å². The van der Waals surface area contributed by atoms with Crippen LogP contribution in [0.3, 0.4) is 0 Å². The van der Waals surface area contributed by atoms with Crippen LogP contribution in [0, 0.1) is 5.92 Å². The van der Waals surface area contributed by atoms with Crippen LogP contribution < -0.4 is 38.9 Å². The van der Waals surface area contributed by atoms with Crippen molar-refractivity contribution in [2.45, 2.75) is 115 Å². The van der Waals surface area contributed by atoms with Crippen LogP contribution in [0.5, 0.6) is 0 Å². The Balaban J connectivity index is 3.06. The summed E-state index contributed by atoms with van der Waals surface area (Å²) in [6.45, 7) is 5.14. The summed E-state index contributed by atoms with van der Waals surface area (Å²) < 4.78 is 0. The fourth-order valence-electron chi connectivity index (χ4n) is 4.95. The number of likely N-dealkylation sites (tertiary alicyclic amines) is 1. The van der Waals surface area contributed by atoms with Crippen LogP contribution in [-0.2, 0) is 24.0 Å². The maximum Gasteiger partial charge on any atom is 0.326 e. The zero-order chi connectivity index (χ0) is 31.7. The minimum Gasteiger partial charge on any atom is -0.480 e. The lowest BCUT2D eigenvalue weighted by Crippen LogP contribution is -2.59. The van der Waals surface area contributed by atoms with E-state index in [1.807, 2.05) is 0 Å². The van der Waals surface area contributed by atoms with Gasteiger partial charge in [0.1, 0.15) is 24.2 Å². The molecule has 0 radical (unpaired) electrons. The molecule has 1 aliphatic heterocycles. The first kappa shape index (κ1) is 37.2. The van der Waals surface area contributed by atoms with Gasteiger partial charge in [0.2, 0.25) is 23.6 Å². The summed E-state index contributed by atoms with van der Waals surface area (Å²) >= 11 is 0. The molecule has 5 atom stereocenters. The molecule has 1 aliphatic rings. The van der Waals surface area contributed by atoms with Gasteiger partial charge in [-0.05, 0) is 89.8 Å². The smallest absolute Gasteiger partial charge is 0.326 e. The van der Waals surface area contributed by atoms with Crippen molar-refractivity contribution in [3.05, 3.63) is 0 Å². The molecule has 0 aromatic carbocycles. The number of hydrogen-bond acceptors (Lipinski definition) is 9. The molecule has 42 heavy (non-hydrogen) atoms. The normalized spacial score (nSPS) is 17.8. The summed E-state index contributed by atoms with van der Waals surface area (Å²) in [5.74, 6) is -3.45. The number of carbonyl (C=O) groups is 5. The van der Waals surface area contributed by atoms with Gasteiger partial charge in [0.15, 0.2) is 0 Å². The monoisotopic (exact) mass is 598 g/mol. The molecule has 1 fully saturated rings. The maximum atomic E-state index is 13.5. The van der Waals surface area contributed by atoms with Gasteiger partial charge < -0.3 is 48.9 Å². The molecule has 0 unspecified atom stereocenters. The number of carbonyl (C=O) groups excluding carboxylic acids is 4. The third kappa shape index (κ3) is 12.6. The molecule has 242 valence electrons. The van der Waals surface area contributed by atoms with Gasteiger partial charge in [-0.25, -0.2) is 4.79 Å². The minimum absolute atomic E-state index is 0.261. The first-order valence-electron chi connectivity index (χ1n) is 15.3. The van der Waals surface area contributed by atoms with E-state index in [1.54, 1.807) is 13.8 Å². The van der Waals surface area contributed by atoms with Gasteiger partial charge in [-0.15, -0.1) is 0 Å². The molecule has 0 spiro atoms. The molecule has 1 saturated heterocycles. The number of amides is 4. The number of rotatable bonds is 21. The Kier molecular flexibility index (Phi) is 17.9. The average Bonchev–Trinajstić information content (AvgIpc) is 3.45. The van der Waals surface area contributed by atoms with Crippen LogP contribution in [0.15, 0.2) is 0 Å². The van der Waals surface area contributed by atoms with Crippen molar-refractivity contribution in [1.82, 2.24) is 20.9 Å². The molecule has 1 heterocycles. The highest BCUT2D eigenvalue weighted by molar-refractivity contribution is 5.95. The summed E-state index contributed by atoms with van der Waals surface area (Å²) in [5.41, 5.74) is 22.8. The largest absolute Gasteiger partial charge is 0.480 e. The van der Waals surface area contributed by atoms with Gasteiger partial charge >= 0.3 is 5.97 Å². The number of aliphatic carboxylic acids is 1. The van der Waals surface area contributed by atoms with Crippen molar-refractivity contribution in [2.24, 2.45) is 28.9 Å². The Hall–Kier alpha value is -2.81. The molecular formula is C28H54N8O6. The Labute approximate surface area is 249 Å². The van der Waals surface area contributed by atoms with Crippen molar-refractivity contribution in [3.63, 3.8) is 0 Å². The van der Waals surface area contributed by atoms with Crippen LogP contribution in [0.25, 0.3) is 0 Å². The van der Waals surface area contributed by atoms with E-state index in [2.05, 4.69) is 16.0 Å². The number of carboxylic acid groups (broad SMARTS) is 1. The standard InChI is InChI=1S/C28H54N8O6/c1-18(2)23(27(40)36-17-9-13-22(36)28(41)42)35-26(39)21(12-5-8-16-31)34-25(38)20(11-4-7-15-30)33-24(37)19(32)10-3-6-14-29/h18-23H,3-17,29-32H2,1-2H3,(H,33,37)(H,34,38)(H,35,39)(H,41,42)/t19-,20-,21+,22-,23-/m0/s1. The predicted octanol–water partition coefficient (Wildman–Crippen LogP) is -1.11. The number of nitrogens with two attached hydrogens (primary N) is 4. The predicted molar refractivity (Wildman–Crippen MR) is 160 cm³/mol. The third-order valence-electron chi connectivity index (χ3n) is 7.52. The summed E-state index contributed by atoms with van der Waals surface area (Å²) in [6.07, 6.45) is 5.70. The number of carboxylic acids is 1. The highest BCUT2D eigenvalue weighted by Gasteiger charge is 2.39. The number of unbranched alkanes of at least 4 members (excludes halogenated alkanes) is 3. The van der Waals surface area contributed by atoms with Crippen molar-refractivity contribution < 1.29 is 29.1 Å². The second kappa shape index (κ2) is 20.2. The van der Waals surface area contributed by atoms with Crippen LogP contribution in [0.2, 0.25) is 0 Å². The summed E-state index contributed by atoms with van der Waals surface area (Å²) in [7, 11) is 0. The number of nitrogens with one attached hydrogen (secondary N) is 3. The molecule has 0 bridgehead atoms. The summed E-state index contributed by atoms with van der Waals surface area (Å²) in [5, 5.41) is 17.8. The lowest BCUT2D eigenvalue weighted by atomic mass is 10.00. The van der Waals surface area contributed by atoms with Crippen LogP contribution >= 0.6 is 0 Å². The molecule has 12 N–H and O–H groups in total. The van der Waals surface area contributed by atoms with Gasteiger partial charge in [-0.3, -0.25) is 19.2 Å². The maximum absolute atomic E-state index is 13.5. The van der Waals surface area contributed by atoms with Crippen molar-refractivity contribution in [3.8, 4) is 0 Å². The van der Waals surface area contributed by atoms with Gasteiger partial charge in [-0.1, -0.05) is 20.3 Å². The molecule has 0 aliphatic carbocycles. The minimum atomic E-state index is -1.08. The van der Waals surface area contributed by atoms with Crippen LogP contribution in [0.4, 0.5) is 0 Å². The van der Waals surface area contributed by atoms with E-state index in [-0.39, 0.29) is 12.3 Å². The number of hydrogen-bond donors (Lipinski definition) is 8. The summed E-state index contributed by atoms with van der Waals surface area (Å²) in [6, 6.07) is -4.65. The highest BCUT2D eigenvalue weighted by Crippen LogP contribution is 2.20. The average molecular weight is 599 g/mol. The quantitative estimate of drug-likeness (QED) is 0.0739. The number of nitrogens with zero attached hydrogens (tertiary/aromatic N) is 1. The lowest BCUT2D eigenvalue weighted by molar-refractivity contribution is -0.150. The van der Waals surface area contributed by atoms with Crippen molar-refractivity contribution in [1.29, 1.82) is 0 Å². The zero-order valence-electron chi connectivity index (χ0n) is 25.3. The van der Waals surface area contributed by atoms with Gasteiger partial charge in [-0.2, -0.15) is 0 Å². The Morgan fingerprint density at radius 1 is 0.762 bits per heavy atom. The van der Waals surface area contributed by atoms with Crippen molar-refractivity contribution >= 4 is 29.6 Å². The summed E-state index contributed by atoms with van der Waals surface area (Å²) in [4.78, 5) is 66.0. The molecule has 4 amide bonds. The molecule has 0 saturated carbocycles. The van der Waals surface area contributed by atoms with E-state index in [0.717, 1.165) is 6.42 Å². The van der Waals surface area contributed by atoms with E-state index >= 15 is 0 Å². The van der Waals surface area contributed by atoms with E-state index < -0.39 is 59.8 Å². The molecule has 0 aromatic heterocycles. The van der Waals surface area contributed by atoms with E-state index in [9.17, 15) is 29.1 Å². The fraction of sp³-hybridized carbons (Fsp3) is 0.821. The van der Waals surface area contributed by atoms with Crippen LogP contribution in [-0.4, -0.2) is 96.0 Å². The SMILES string of the molecule is CC(C)[C@H](NC(=O)[C@@H](CCCCN)NC(=O)[C@H](CCCCN)NC(=O)[C@@H](N)CCCCN)C(=O)N1CCC[C@H]1C(=O)O. The second-order valence-electron chi connectivity index (χ2n) is 11.3. The fourth-order valence-corrected chi connectivity index (χ4v) is 4.95. The highest BCUT2D eigenvalue weighted by atomic mass is 16.4. The second-order valence-corrected chi connectivity index (χ2v) is 11.3. The third-order valence-corrected chi connectivity index (χ3v) is 7.52. The molecule has 0 aromatic rings. The van der Waals surface area contributed by atoms with E-state index in [1.165, 1.54) is 4.90 Å². The van der Waals surface area contributed by atoms with Gasteiger partial charge in [0.05, 0.1) is 6.04 Å². The Bertz CT molecular complexity index is 873. The van der Waals surface area contributed by atoms with Gasteiger partial charge in [0.25, 0.3) is 0 Å². The first-order chi connectivity index (χ1) is 20.0. The Morgan fingerprint density at radius 2 is 1.24 bits per heavy atom. The molecular weight excluding hydrogens is 544 g/mol. The first-order valence-corrected chi connectivity index (χ1v) is 15.3. The van der Waals surface area contributed by atoms with Crippen molar-refractivity contribution in [2.75, 3.05) is 26.2 Å².